The van der Waals surface area contributed by atoms with E-state index in [0.717, 1.165) is 0 Å². The number of benzene rings is 3. The first-order chi connectivity index (χ1) is 28.4. The number of amides is 4. The maximum absolute atomic E-state index is 14.2. The standard InChI is InChI=1S/C44H61N5O10S/c1-28(2)22-34(38(50)26-40(52)45-30(5)42(54)46-35(23-29(3)4)39(51)27-41(53)59-6)47-43(55)36(24-31-16-10-7-11-17-31)48-44(56)37(25-32-18-12-8-13-19-32)49-60(57,58)33-20-14-9-15-21-33/h7-21,28-30,34-39,49-51H,22-27H2,1-6H3,(H,45,52)(H,46,54)(H,47,55)(H,48,56)/t30-,34-,35-,36-,37-,38-,39-/m0/s1. The summed E-state index contributed by atoms with van der Waals surface area (Å²) in [5, 5.41) is 32.8. The fraction of sp³-hybridized carbons (Fsp3) is 0.477. The highest BCUT2D eigenvalue weighted by atomic mass is 32.2. The summed E-state index contributed by atoms with van der Waals surface area (Å²) in [6.07, 6.45) is -2.88. The van der Waals surface area contributed by atoms with Gasteiger partial charge in [-0.3, -0.25) is 24.0 Å². The van der Waals surface area contributed by atoms with Crippen molar-refractivity contribution in [2.24, 2.45) is 11.8 Å². The van der Waals surface area contributed by atoms with E-state index in [-0.39, 0.29) is 42.4 Å². The average Bonchev–Trinajstić information content (AvgIpc) is 3.20. The van der Waals surface area contributed by atoms with Gasteiger partial charge in [0.05, 0.1) is 49.1 Å². The van der Waals surface area contributed by atoms with Crippen LogP contribution in [0.3, 0.4) is 0 Å². The first kappa shape index (κ1) is 49.2. The Kier molecular flexibility index (Phi) is 19.8. The molecule has 7 atom stereocenters. The molecule has 16 heteroatoms. The van der Waals surface area contributed by atoms with Gasteiger partial charge in [-0.2, -0.15) is 4.72 Å². The van der Waals surface area contributed by atoms with Crippen molar-refractivity contribution in [1.29, 1.82) is 0 Å². The molecule has 3 aromatic carbocycles. The Morgan fingerprint density at radius 3 is 1.50 bits per heavy atom. The summed E-state index contributed by atoms with van der Waals surface area (Å²) in [6, 6.07) is 20.0. The van der Waals surface area contributed by atoms with Gasteiger partial charge < -0.3 is 36.2 Å². The number of rotatable bonds is 24. The van der Waals surface area contributed by atoms with Gasteiger partial charge in [-0.15, -0.1) is 0 Å². The van der Waals surface area contributed by atoms with Crippen molar-refractivity contribution in [2.75, 3.05) is 7.11 Å². The molecule has 0 aliphatic heterocycles. The van der Waals surface area contributed by atoms with Gasteiger partial charge in [-0.05, 0) is 61.3 Å². The number of carbonyl (C=O) groups excluding carboxylic acids is 5. The molecule has 3 rings (SSSR count). The van der Waals surface area contributed by atoms with E-state index in [2.05, 4.69) is 30.7 Å². The zero-order valence-corrected chi connectivity index (χ0v) is 36.0. The van der Waals surface area contributed by atoms with E-state index in [1.54, 1.807) is 78.9 Å². The van der Waals surface area contributed by atoms with Gasteiger partial charge in [0.2, 0.25) is 33.7 Å². The van der Waals surface area contributed by atoms with Crippen molar-refractivity contribution in [3.63, 3.8) is 0 Å². The molecule has 60 heavy (non-hydrogen) atoms. The second-order valence-electron chi connectivity index (χ2n) is 15.8. The van der Waals surface area contributed by atoms with E-state index in [0.29, 0.717) is 17.5 Å². The molecule has 0 bridgehead atoms. The van der Waals surface area contributed by atoms with E-state index >= 15 is 0 Å². The number of hydrogen-bond donors (Lipinski definition) is 7. The smallest absolute Gasteiger partial charge is 0.308 e. The highest BCUT2D eigenvalue weighted by molar-refractivity contribution is 7.89. The molecule has 4 amide bonds. The van der Waals surface area contributed by atoms with Crippen LogP contribution in [0.4, 0.5) is 0 Å². The highest BCUT2D eigenvalue weighted by Gasteiger charge is 2.33. The zero-order chi connectivity index (χ0) is 44.4. The molecule has 0 saturated carbocycles. The average molecular weight is 852 g/mol. The largest absolute Gasteiger partial charge is 0.469 e. The third kappa shape index (κ3) is 16.8. The lowest BCUT2D eigenvalue weighted by Gasteiger charge is -2.29. The Balaban J connectivity index is 1.79. The molecule has 0 unspecified atom stereocenters. The number of ether oxygens (including phenoxy) is 1. The molecule has 328 valence electrons. The summed E-state index contributed by atoms with van der Waals surface area (Å²) in [5.41, 5.74) is 1.37. The van der Waals surface area contributed by atoms with Gasteiger partial charge in [-0.1, -0.05) is 107 Å². The van der Waals surface area contributed by atoms with Crippen LogP contribution in [-0.4, -0.2) is 97.8 Å². The number of hydrogen-bond acceptors (Lipinski definition) is 10. The van der Waals surface area contributed by atoms with Crippen LogP contribution in [0.1, 0.15) is 71.4 Å². The summed E-state index contributed by atoms with van der Waals surface area (Å²) < 4.78 is 34.0. The maximum Gasteiger partial charge on any atom is 0.308 e. The molecule has 0 fully saturated rings. The number of methoxy groups -OCH3 is 1. The van der Waals surface area contributed by atoms with Gasteiger partial charge in [-0.25, -0.2) is 8.42 Å². The number of aliphatic hydroxyl groups excluding tert-OH is 2. The SMILES string of the molecule is COC(=O)C[C@H](O)[C@H](CC(C)C)NC(=O)[C@H](C)NC(=O)C[C@H](O)[C@H](CC(C)C)NC(=O)[C@H](Cc1ccccc1)NC(=O)[C@H](Cc1ccccc1)NS(=O)(=O)c1ccccc1. The topological polar surface area (TPSA) is 229 Å². The van der Waals surface area contributed by atoms with Crippen molar-refractivity contribution in [2.45, 2.75) is 120 Å². The number of carbonyl (C=O) groups is 5. The summed E-state index contributed by atoms with van der Waals surface area (Å²) in [5.74, 6) is -3.37. The van der Waals surface area contributed by atoms with Crippen LogP contribution in [0, 0.1) is 11.8 Å². The van der Waals surface area contributed by atoms with E-state index in [4.69, 9.17) is 0 Å². The van der Waals surface area contributed by atoms with Crippen molar-refractivity contribution < 1.29 is 47.3 Å². The molecule has 0 aliphatic carbocycles. The molecule has 15 nitrogen and oxygen atoms in total. The number of aliphatic hydroxyl groups is 2. The molecular formula is C44H61N5O10S. The van der Waals surface area contributed by atoms with Crippen LogP contribution >= 0.6 is 0 Å². The van der Waals surface area contributed by atoms with E-state index in [9.17, 15) is 42.6 Å². The molecule has 3 aromatic rings. The Hall–Kier alpha value is -5.16. The van der Waals surface area contributed by atoms with E-state index < -0.39 is 88.5 Å². The molecule has 0 radical (unpaired) electrons. The monoisotopic (exact) mass is 851 g/mol. The summed E-state index contributed by atoms with van der Waals surface area (Å²) >= 11 is 0. The lowest BCUT2D eigenvalue weighted by Crippen LogP contribution is -2.57. The first-order valence-corrected chi connectivity index (χ1v) is 21.6. The predicted molar refractivity (Wildman–Crippen MR) is 226 cm³/mol. The van der Waals surface area contributed by atoms with Gasteiger partial charge >= 0.3 is 5.97 Å². The summed E-state index contributed by atoms with van der Waals surface area (Å²) in [7, 11) is -2.97. The van der Waals surface area contributed by atoms with Crippen molar-refractivity contribution in [3.05, 3.63) is 102 Å². The number of nitrogens with one attached hydrogen (secondary N) is 5. The Morgan fingerprint density at radius 1 is 0.583 bits per heavy atom. The maximum atomic E-state index is 14.2. The first-order valence-electron chi connectivity index (χ1n) is 20.2. The fourth-order valence-electron chi connectivity index (χ4n) is 6.55. The Bertz CT molecular complexity index is 1930. The van der Waals surface area contributed by atoms with Crippen LogP contribution < -0.4 is 26.0 Å². The van der Waals surface area contributed by atoms with Crippen molar-refractivity contribution in [3.8, 4) is 0 Å². The molecule has 0 aromatic heterocycles. The summed E-state index contributed by atoms with van der Waals surface area (Å²) in [4.78, 5) is 66.3. The minimum atomic E-state index is -4.16. The van der Waals surface area contributed by atoms with Crippen LogP contribution in [0.25, 0.3) is 0 Å². The van der Waals surface area contributed by atoms with E-state index in [1.807, 2.05) is 27.7 Å². The molecule has 0 spiro atoms. The van der Waals surface area contributed by atoms with Crippen molar-refractivity contribution in [1.82, 2.24) is 26.0 Å². The normalized spacial score (nSPS) is 15.1. The molecule has 7 N–H and O–H groups in total. The second kappa shape index (κ2) is 24.2. The third-order valence-corrected chi connectivity index (χ3v) is 11.2. The Morgan fingerprint density at radius 2 is 1.02 bits per heavy atom. The zero-order valence-electron chi connectivity index (χ0n) is 35.2. The van der Waals surface area contributed by atoms with Gasteiger partial charge in [0.15, 0.2) is 0 Å². The lowest BCUT2D eigenvalue weighted by atomic mass is 9.95. The van der Waals surface area contributed by atoms with Gasteiger partial charge in [0.25, 0.3) is 0 Å². The molecule has 0 saturated heterocycles. The van der Waals surface area contributed by atoms with Crippen molar-refractivity contribution >= 4 is 39.6 Å². The second-order valence-corrected chi connectivity index (χ2v) is 17.5. The lowest BCUT2D eigenvalue weighted by molar-refractivity contribution is -0.144. The van der Waals surface area contributed by atoms with Crippen LogP contribution in [0.5, 0.6) is 0 Å². The van der Waals surface area contributed by atoms with Gasteiger partial charge in [0, 0.05) is 6.42 Å². The summed E-state index contributed by atoms with van der Waals surface area (Å²) in [6.45, 7) is 8.96. The molecular weight excluding hydrogens is 791 g/mol. The third-order valence-electron chi connectivity index (χ3n) is 9.67. The number of sulfonamides is 1. The molecule has 0 heterocycles. The molecule has 0 aliphatic rings. The minimum absolute atomic E-state index is 0.0195. The predicted octanol–water partition coefficient (Wildman–Crippen LogP) is 2.55. The number of esters is 1. The highest BCUT2D eigenvalue weighted by Crippen LogP contribution is 2.16. The quantitative estimate of drug-likeness (QED) is 0.0652. The van der Waals surface area contributed by atoms with Crippen LogP contribution in [0.2, 0.25) is 0 Å². The minimum Gasteiger partial charge on any atom is -0.469 e. The van der Waals surface area contributed by atoms with Crippen LogP contribution in [-0.2, 0) is 51.6 Å². The Labute approximate surface area is 353 Å². The van der Waals surface area contributed by atoms with Crippen LogP contribution in [0.15, 0.2) is 95.9 Å². The fourth-order valence-corrected chi connectivity index (χ4v) is 7.77. The van der Waals surface area contributed by atoms with E-state index in [1.165, 1.54) is 26.2 Å². The van der Waals surface area contributed by atoms with Gasteiger partial charge in [0.1, 0.15) is 18.1 Å².